The average molecular weight is 257 g/mol. The van der Waals surface area contributed by atoms with E-state index in [4.69, 9.17) is 4.74 Å². The molecule has 0 aliphatic carbocycles. The molecule has 0 aromatic heterocycles. The van der Waals surface area contributed by atoms with Crippen LogP contribution in [0.4, 0.5) is 0 Å². The van der Waals surface area contributed by atoms with Crippen molar-refractivity contribution in [2.24, 2.45) is 0 Å². The maximum Gasteiger partial charge on any atom is 0.213 e. The van der Waals surface area contributed by atoms with Crippen LogP contribution in [0.5, 0.6) is 5.75 Å². The number of sulfonamides is 1. The molecule has 0 aliphatic heterocycles. The minimum Gasteiger partial charge on any atom is -0.497 e. The quantitative estimate of drug-likeness (QED) is 0.841. The molecule has 0 amide bonds. The topological polar surface area (TPSA) is 55.4 Å². The Morgan fingerprint density at radius 2 is 1.82 bits per heavy atom. The first-order chi connectivity index (χ1) is 7.95. The van der Waals surface area contributed by atoms with Crippen molar-refractivity contribution in [1.29, 1.82) is 0 Å². The number of benzene rings is 1. The number of hydrogen-bond acceptors (Lipinski definition) is 3. The highest BCUT2D eigenvalue weighted by atomic mass is 32.2. The van der Waals surface area contributed by atoms with Crippen LogP contribution in [0.3, 0.4) is 0 Å². The second kappa shape index (κ2) is 6.02. The first-order valence-corrected chi connectivity index (χ1v) is 7.12. The van der Waals surface area contributed by atoms with Crippen molar-refractivity contribution in [3.8, 4) is 5.75 Å². The lowest BCUT2D eigenvalue weighted by molar-refractivity contribution is 0.414. The summed E-state index contributed by atoms with van der Waals surface area (Å²) in [5.74, 6) is 0.802. The van der Waals surface area contributed by atoms with Crippen molar-refractivity contribution >= 4 is 10.0 Å². The van der Waals surface area contributed by atoms with E-state index in [0.717, 1.165) is 11.3 Å². The number of methoxy groups -OCH3 is 1. The molecule has 1 aromatic carbocycles. The van der Waals surface area contributed by atoms with Crippen LogP contribution >= 0.6 is 0 Å². The highest BCUT2D eigenvalue weighted by molar-refractivity contribution is 7.90. The molecular formula is C12H19NO3S. The van der Waals surface area contributed by atoms with Gasteiger partial charge >= 0.3 is 0 Å². The van der Waals surface area contributed by atoms with E-state index in [1.165, 1.54) is 0 Å². The predicted octanol–water partition coefficient (Wildman–Crippen LogP) is 1.57. The summed E-state index contributed by atoms with van der Waals surface area (Å²) in [6.45, 7) is 3.75. The Kier molecular flexibility index (Phi) is 4.96. The Bertz CT molecular complexity index is 437. The van der Waals surface area contributed by atoms with Crippen molar-refractivity contribution in [2.75, 3.05) is 13.7 Å². The Hall–Kier alpha value is -1.07. The Labute approximate surface area is 103 Å². The Morgan fingerprint density at radius 1 is 1.24 bits per heavy atom. The van der Waals surface area contributed by atoms with Crippen LogP contribution in [0.15, 0.2) is 24.3 Å². The maximum absolute atomic E-state index is 11.5. The summed E-state index contributed by atoms with van der Waals surface area (Å²) in [5, 5.41) is -0.390. The summed E-state index contributed by atoms with van der Waals surface area (Å²) in [7, 11) is -1.54. The molecule has 0 saturated carbocycles. The predicted molar refractivity (Wildman–Crippen MR) is 68.8 cm³/mol. The summed E-state index contributed by atoms with van der Waals surface area (Å²) < 4.78 is 30.6. The van der Waals surface area contributed by atoms with Crippen molar-refractivity contribution < 1.29 is 13.2 Å². The minimum atomic E-state index is -3.16. The third-order valence-corrected chi connectivity index (χ3v) is 4.34. The van der Waals surface area contributed by atoms with Crippen molar-refractivity contribution in [3.05, 3.63) is 29.8 Å². The molecule has 0 heterocycles. The number of rotatable bonds is 6. The van der Waals surface area contributed by atoms with Gasteiger partial charge in [0.1, 0.15) is 5.75 Å². The second-order valence-electron chi connectivity index (χ2n) is 4.09. The normalized spacial score (nSPS) is 11.8. The van der Waals surface area contributed by atoms with Crippen molar-refractivity contribution in [2.45, 2.75) is 25.5 Å². The summed E-state index contributed by atoms with van der Waals surface area (Å²) in [4.78, 5) is 0. The molecule has 0 spiro atoms. The molecule has 0 unspecified atom stereocenters. The van der Waals surface area contributed by atoms with Gasteiger partial charge in [-0.05, 0) is 38.0 Å². The molecule has 1 aromatic rings. The van der Waals surface area contributed by atoms with Crippen LogP contribution in [0, 0.1) is 0 Å². The van der Waals surface area contributed by atoms with Gasteiger partial charge in [-0.15, -0.1) is 0 Å². The van der Waals surface area contributed by atoms with E-state index >= 15 is 0 Å². The molecular weight excluding hydrogens is 238 g/mol. The van der Waals surface area contributed by atoms with Crippen LogP contribution in [0.1, 0.15) is 19.4 Å². The van der Waals surface area contributed by atoms with E-state index in [9.17, 15) is 8.42 Å². The van der Waals surface area contributed by atoms with E-state index in [0.29, 0.717) is 13.0 Å². The first kappa shape index (κ1) is 14.0. The molecule has 96 valence electrons. The zero-order valence-corrected chi connectivity index (χ0v) is 11.3. The highest BCUT2D eigenvalue weighted by Gasteiger charge is 2.14. The molecule has 5 heteroatoms. The molecule has 0 aliphatic rings. The fourth-order valence-corrected chi connectivity index (χ4v) is 2.02. The summed E-state index contributed by atoms with van der Waals surface area (Å²) in [6.07, 6.45) is 0.677. The fraction of sp³-hybridized carbons (Fsp3) is 0.500. The van der Waals surface area contributed by atoms with Crippen LogP contribution < -0.4 is 9.46 Å². The third-order valence-electron chi connectivity index (χ3n) is 2.50. The molecule has 4 nitrogen and oxygen atoms in total. The van der Waals surface area contributed by atoms with Gasteiger partial charge in [0.15, 0.2) is 0 Å². The Balaban J connectivity index is 2.46. The first-order valence-electron chi connectivity index (χ1n) is 5.57. The van der Waals surface area contributed by atoms with E-state index < -0.39 is 15.3 Å². The number of hydrogen-bond donors (Lipinski definition) is 1. The highest BCUT2D eigenvalue weighted by Crippen LogP contribution is 2.11. The van der Waals surface area contributed by atoms with Gasteiger partial charge in [-0.3, -0.25) is 0 Å². The molecule has 1 rings (SSSR count). The minimum absolute atomic E-state index is 0.390. The van der Waals surface area contributed by atoms with Crippen LogP contribution in [-0.2, 0) is 16.4 Å². The van der Waals surface area contributed by atoms with Gasteiger partial charge in [-0.1, -0.05) is 12.1 Å². The monoisotopic (exact) mass is 257 g/mol. The SMILES string of the molecule is COc1ccc(CCNS(=O)(=O)C(C)C)cc1. The molecule has 17 heavy (non-hydrogen) atoms. The zero-order chi connectivity index (χ0) is 12.9. The lowest BCUT2D eigenvalue weighted by atomic mass is 10.1. The largest absolute Gasteiger partial charge is 0.497 e. The van der Waals surface area contributed by atoms with Gasteiger partial charge in [0.05, 0.1) is 12.4 Å². The van der Waals surface area contributed by atoms with Crippen molar-refractivity contribution in [1.82, 2.24) is 4.72 Å². The zero-order valence-electron chi connectivity index (χ0n) is 10.4. The summed E-state index contributed by atoms with van der Waals surface area (Å²) >= 11 is 0. The van der Waals surface area contributed by atoms with Crippen LogP contribution in [-0.4, -0.2) is 27.3 Å². The van der Waals surface area contributed by atoms with E-state index in [1.807, 2.05) is 24.3 Å². The van der Waals surface area contributed by atoms with E-state index in [-0.39, 0.29) is 0 Å². The van der Waals surface area contributed by atoms with Gasteiger partial charge in [0, 0.05) is 6.54 Å². The van der Waals surface area contributed by atoms with Gasteiger partial charge in [0.25, 0.3) is 0 Å². The maximum atomic E-state index is 11.5. The van der Waals surface area contributed by atoms with Gasteiger partial charge in [-0.2, -0.15) is 0 Å². The van der Waals surface area contributed by atoms with Gasteiger partial charge in [-0.25, -0.2) is 13.1 Å². The van der Waals surface area contributed by atoms with Crippen LogP contribution in [0.2, 0.25) is 0 Å². The summed E-state index contributed by atoms with van der Waals surface area (Å²) in [5.41, 5.74) is 1.08. The van der Waals surface area contributed by atoms with Gasteiger partial charge in [0.2, 0.25) is 10.0 Å². The number of nitrogens with one attached hydrogen (secondary N) is 1. The number of ether oxygens (including phenoxy) is 1. The van der Waals surface area contributed by atoms with E-state index in [2.05, 4.69) is 4.72 Å². The summed E-state index contributed by atoms with van der Waals surface area (Å²) in [6, 6.07) is 7.60. The third kappa shape index (κ3) is 4.36. The molecule has 0 radical (unpaired) electrons. The molecule has 1 N–H and O–H groups in total. The van der Waals surface area contributed by atoms with Gasteiger partial charge < -0.3 is 4.74 Å². The fourth-order valence-electron chi connectivity index (χ4n) is 1.30. The lowest BCUT2D eigenvalue weighted by Crippen LogP contribution is -2.32. The smallest absolute Gasteiger partial charge is 0.213 e. The second-order valence-corrected chi connectivity index (χ2v) is 6.41. The molecule has 0 atom stereocenters. The molecule has 0 bridgehead atoms. The lowest BCUT2D eigenvalue weighted by Gasteiger charge is -2.09. The molecule has 0 saturated heterocycles. The standard InChI is InChI=1S/C12H19NO3S/c1-10(2)17(14,15)13-9-8-11-4-6-12(16-3)7-5-11/h4-7,10,13H,8-9H2,1-3H3. The van der Waals surface area contributed by atoms with Crippen molar-refractivity contribution in [3.63, 3.8) is 0 Å². The Morgan fingerprint density at radius 3 is 2.29 bits per heavy atom. The van der Waals surface area contributed by atoms with Crippen LogP contribution in [0.25, 0.3) is 0 Å². The average Bonchev–Trinajstić information content (AvgIpc) is 2.29. The van der Waals surface area contributed by atoms with E-state index in [1.54, 1.807) is 21.0 Å². The molecule has 0 fully saturated rings.